The minimum Gasteiger partial charge on any atom is -0.490 e. The Kier molecular flexibility index (Phi) is 7.43. The largest absolute Gasteiger partial charge is 0.490 e. The Morgan fingerprint density at radius 2 is 1.70 bits per heavy atom. The smallest absolute Gasteiger partial charge is 0.310 e. The van der Waals surface area contributed by atoms with Gasteiger partial charge in [-0.15, -0.1) is 0 Å². The lowest BCUT2D eigenvalue weighted by molar-refractivity contribution is -0.385. The van der Waals surface area contributed by atoms with Gasteiger partial charge in [0.2, 0.25) is 5.91 Å². The van der Waals surface area contributed by atoms with Gasteiger partial charge in [0.15, 0.2) is 5.75 Å². The van der Waals surface area contributed by atoms with Crippen LogP contribution in [0.4, 0.5) is 22.7 Å². The molecule has 5 rings (SSSR count). The van der Waals surface area contributed by atoms with Gasteiger partial charge in [-0.2, -0.15) is 0 Å². The van der Waals surface area contributed by atoms with Gasteiger partial charge in [0.25, 0.3) is 5.91 Å². The number of aliphatic hydroxyl groups is 1. The van der Waals surface area contributed by atoms with Crippen molar-refractivity contribution < 1.29 is 24.4 Å². The highest BCUT2D eigenvalue weighted by molar-refractivity contribution is 6.12. The lowest BCUT2D eigenvalue weighted by atomic mass is 10.0. The fourth-order valence-electron chi connectivity index (χ4n) is 4.63. The number of nitrogens with one attached hydrogen (secondary N) is 3. The molecule has 10 heteroatoms. The van der Waals surface area contributed by atoms with Crippen LogP contribution in [0.5, 0.6) is 5.75 Å². The quantitative estimate of drug-likeness (QED) is 0.183. The first-order valence-corrected chi connectivity index (χ1v) is 12.5. The first kappa shape index (κ1) is 26.4. The lowest BCUT2D eigenvalue weighted by Gasteiger charge is -2.17. The van der Waals surface area contributed by atoms with Gasteiger partial charge in [-0.1, -0.05) is 42.5 Å². The number of amides is 2. The highest BCUT2D eigenvalue weighted by Crippen LogP contribution is 2.37. The van der Waals surface area contributed by atoms with Crippen molar-refractivity contribution in [3.05, 3.63) is 112 Å². The van der Waals surface area contributed by atoms with Gasteiger partial charge in [0, 0.05) is 6.07 Å². The van der Waals surface area contributed by atoms with E-state index in [2.05, 4.69) is 16.0 Å². The maximum absolute atomic E-state index is 13.0. The van der Waals surface area contributed by atoms with Gasteiger partial charge in [-0.05, 0) is 58.7 Å². The number of rotatable bonds is 8. The number of fused-ring (bicyclic) bond motifs is 2. The Bertz CT molecular complexity index is 1610. The molecule has 10 nitrogen and oxygen atoms in total. The third-order valence-corrected chi connectivity index (χ3v) is 6.66. The summed E-state index contributed by atoms with van der Waals surface area (Å²) in [5.41, 5.74) is 4.91. The van der Waals surface area contributed by atoms with E-state index in [1.54, 1.807) is 48.5 Å². The molecule has 202 valence electrons. The monoisotopic (exact) mass is 538 g/mol. The molecule has 0 unspecified atom stereocenters. The molecule has 0 saturated heterocycles. The zero-order valence-corrected chi connectivity index (χ0v) is 21.5. The van der Waals surface area contributed by atoms with Crippen molar-refractivity contribution in [2.75, 3.05) is 24.4 Å². The number of anilines is 3. The molecule has 4 N–H and O–H groups in total. The van der Waals surface area contributed by atoms with Crippen LogP contribution in [0.2, 0.25) is 0 Å². The molecule has 4 aromatic carbocycles. The Morgan fingerprint density at radius 1 is 0.950 bits per heavy atom. The van der Waals surface area contributed by atoms with Gasteiger partial charge < -0.3 is 25.8 Å². The molecular formula is C30H26N4O6. The molecule has 0 spiro atoms. The average molecular weight is 539 g/mol. The van der Waals surface area contributed by atoms with Crippen LogP contribution in [0.3, 0.4) is 0 Å². The number of hydrogen-bond donors (Lipinski definition) is 4. The molecular weight excluding hydrogens is 512 g/mol. The van der Waals surface area contributed by atoms with Crippen LogP contribution in [-0.4, -0.2) is 35.6 Å². The van der Waals surface area contributed by atoms with E-state index in [0.29, 0.717) is 33.8 Å². The Hall–Kier alpha value is -5.22. The van der Waals surface area contributed by atoms with Crippen LogP contribution in [0.25, 0.3) is 11.1 Å². The normalized spacial score (nSPS) is 12.6. The SMILES string of the molecule is COc1cc(-c2ccc3c(c2)Nc2cc(CC(=O)N[C@H](CO)c4ccccc4)ccc2NC3=O)ccc1[N+](=O)[O-]. The summed E-state index contributed by atoms with van der Waals surface area (Å²) in [4.78, 5) is 36.5. The molecule has 0 aromatic heterocycles. The second kappa shape index (κ2) is 11.3. The average Bonchev–Trinajstić information content (AvgIpc) is 3.10. The number of nitrogens with zero attached hydrogens (tertiary/aromatic N) is 1. The van der Waals surface area contributed by atoms with E-state index in [0.717, 1.165) is 11.1 Å². The molecule has 1 aliphatic heterocycles. The lowest BCUT2D eigenvalue weighted by Crippen LogP contribution is -2.31. The molecule has 1 aliphatic rings. The molecule has 0 fully saturated rings. The highest BCUT2D eigenvalue weighted by Gasteiger charge is 2.22. The maximum atomic E-state index is 13.0. The molecule has 1 atom stereocenters. The number of aliphatic hydroxyl groups excluding tert-OH is 1. The maximum Gasteiger partial charge on any atom is 0.310 e. The molecule has 1 heterocycles. The third-order valence-electron chi connectivity index (χ3n) is 6.66. The summed E-state index contributed by atoms with van der Waals surface area (Å²) in [5.74, 6) is -0.421. The van der Waals surface area contributed by atoms with E-state index in [-0.39, 0.29) is 36.3 Å². The van der Waals surface area contributed by atoms with Crippen LogP contribution >= 0.6 is 0 Å². The summed E-state index contributed by atoms with van der Waals surface area (Å²) in [6.45, 7) is -0.229. The van der Waals surface area contributed by atoms with Crippen molar-refractivity contribution in [3.63, 3.8) is 0 Å². The van der Waals surface area contributed by atoms with Crippen LogP contribution in [0.15, 0.2) is 84.9 Å². The number of carbonyl (C=O) groups is 2. The summed E-state index contributed by atoms with van der Waals surface area (Å²) in [7, 11) is 1.37. The predicted octanol–water partition coefficient (Wildman–Crippen LogP) is 4.97. The molecule has 0 saturated carbocycles. The summed E-state index contributed by atoms with van der Waals surface area (Å²) < 4.78 is 5.20. The number of ether oxygens (including phenoxy) is 1. The van der Waals surface area contributed by atoms with Gasteiger partial charge >= 0.3 is 5.69 Å². The summed E-state index contributed by atoms with van der Waals surface area (Å²) in [6, 6.07) is 23.8. The number of nitro benzene ring substituents is 1. The van der Waals surface area contributed by atoms with Gasteiger partial charge in [-0.3, -0.25) is 19.7 Å². The van der Waals surface area contributed by atoms with Crippen LogP contribution in [-0.2, 0) is 11.2 Å². The fraction of sp³-hybridized carbons (Fsp3) is 0.133. The Balaban J connectivity index is 1.39. The highest BCUT2D eigenvalue weighted by atomic mass is 16.6. The first-order valence-electron chi connectivity index (χ1n) is 12.5. The first-order chi connectivity index (χ1) is 19.4. The van der Waals surface area contributed by atoms with E-state index < -0.39 is 11.0 Å². The van der Waals surface area contributed by atoms with Crippen molar-refractivity contribution in [2.45, 2.75) is 12.5 Å². The molecule has 40 heavy (non-hydrogen) atoms. The fourth-order valence-corrected chi connectivity index (χ4v) is 4.63. The Morgan fingerprint density at radius 3 is 2.42 bits per heavy atom. The van der Waals surface area contributed by atoms with Crippen molar-refractivity contribution in [1.82, 2.24) is 5.32 Å². The minimum absolute atomic E-state index is 0.0712. The number of benzene rings is 4. The van der Waals surface area contributed by atoms with E-state index in [9.17, 15) is 24.8 Å². The Labute approximate surface area is 229 Å². The molecule has 2 amide bonds. The van der Waals surface area contributed by atoms with E-state index in [4.69, 9.17) is 4.74 Å². The summed E-state index contributed by atoms with van der Waals surface area (Å²) >= 11 is 0. The number of hydrogen-bond acceptors (Lipinski definition) is 7. The zero-order valence-electron chi connectivity index (χ0n) is 21.5. The van der Waals surface area contributed by atoms with Gasteiger partial charge in [-0.25, -0.2) is 0 Å². The van der Waals surface area contributed by atoms with Crippen LogP contribution < -0.4 is 20.7 Å². The summed E-state index contributed by atoms with van der Waals surface area (Å²) in [5, 5.41) is 30.1. The second-order valence-electron chi connectivity index (χ2n) is 9.25. The third kappa shape index (κ3) is 5.47. The van der Waals surface area contributed by atoms with Crippen LogP contribution in [0.1, 0.15) is 27.5 Å². The second-order valence-corrected chi connectivity index (χ2v) is 9.25. The van der Waals surface area contributed by atoms with E-state index >= 15 is 0 Å². The van der Waals surface area contributed by atoms with Gasteiger partial charge in [0.1, 0.15) is 0 Å². The van der Waals surface area contributed by atoms with Crippen molar-refractivity contribution in [2.24, 2.45) is 0 Å². The topological polar surface area (TPSA) is 143 Å². The standard InChI is InChI=1S/C30H26N4O6/c1-40-28-16-21(9-12-27(28)34(38)39)20-8-10-22-24(15-20)31-25-13-18(7-11-23(25)33-30(22)37)14-29(36)32-26(17-35)19-5-3-2-4-6-19/h2-13,15-16,26,31,35H,14,17H2,1H3,(H,32,36)(H,33,37)/t26-/m1/s1. The number of methoxy groups -OCH3 is 1. The predicted molar refractivity (Wildman–Crippen MR) is 151 cm³/mol. The number of carbonyl (C=O) groups excluding carboxylic acids is 2. The van der Waals surface area contributed by atoms with Crippen molar-refractivity contribution >= 4 is 34.6 Å². The summed E-state index contributed by atoms with van der Waals surface area (Å²) in [6.07, 6.45) is 0.0712. The van der Waals surface area contributed by atoms with Gasteiger partial charge in [0.05, 0.1) is 53.7 Å². The van der Waals surface area contributed by atoms with Crippen molar-refractivity contribution in [1.29, 1.82) is 0 Å². The van der Waals surface area contributed by atoms with E-state index in [1.165, 1.54) is 13.2 Å². The van der Waals surface area contributed by atoms with E-state index in [1.807, 2.05) is 30.3 Å². The molecule has 0 radical (unpaired) electrons. The van der Waals surface area contributed by atoms with Crippen molar-refractivity contribution in [3.8, 4) is 16.9 Å². The van der Waals surface area contributed by atoms with Crippen LogP contribution in [0, 0.1) is 10.1 Å². The molecule has 0 aliphatic carbocycles. The molecule has 4 aromatic rings. The number of nitro groups is 1. The molecule has 0 bridgehead atoms. The minimum atomic E-state index is -0.518. The zero-order chi connectivity index (χ0) is 28.2.